The van der Waals surface area contributed by atoms with E-state index in [-0.39, 0.29) is 24.4 Å². The van der Waals surface area contributed by atoms with Gasteiger partial charge in [0, 0.05) is 21.8 Å². The molecule has 0 aliphatic heterocycles. The van der Waals surface area contributed by atoms with Crippen molar-refractivity contribution in [1.29, 1.82) is 0 Å². The monoisotopic (exact) mass is 340 g/mol. The van der Waals surface area contributed by atoms with E-state index in [1.165, 1.54) is 10.6 Å². The molecule has 22 heavy (non-hydrogen) atoms. The number of carbonyl (C=O) groups excluding carboxylic acids is 1. The number of hydrogen-bond acceptors (Lipinski definition) is 3. The molecule has 1 heterocycles. The van der Waals surface area contributed by atoms with Gasteiger partial charge in [-0.2, -0.15) is 0 Å². The number of hydrogen-bond donors (Lipinski definition) is 1. The van der Waals surface area contributed by atoms with Crippen molar-refractivity contribution in [3.63, 3.8) is 0 Å². The number of nitrogens with one attached hydrogen (secondary N) is 1. The van der Waals surface area contributed by atoms with Crippen molar-refractivity contribution in [2.45, 2.75) is 13.5 Å². The van der Waals surface area contributed by atoms with Crippen molar-refractivity contribution in [2.24, 2.45) is 0 Å². The lowest BCUT2D eigenvalue weighted by molar-refractivity contribution is 0.168. The normalized spacial score (nSPS) is 10.3. The number of benzene rings is 1. The summed E-state index contributed by atoms with van der Waals surface area (Å²) in [5.41, 5.74) is 0.400. The summed E-state index contributed by atoms with van der Waals surface area (Å²) in [6.07, 6.45) is 0.923. The lowest BCUT2D eigenvalue weighted by atomic mass is 10.2. The number of ether oxygens (including phenoxy) is 1. The van der Waals surface area contributed by atoms with Gasteiger partial charge < -0.3 is 9.30 Å². The van der Waals surface area contributed by atoms with E-state index in [9.17, 15) is 9.59 Å². The first-order valence-corrected chi connectivity index (χ1v) is 7.34. The second-order valence-corrected chi connectivity index (χ2v) is 5.21. The van der Waals surface area contributed by atoms with E-state index < -0.39 is 6.09 Å². The summed E-state index contributed by atoms with van der Waals surface area (Å²) >= 11 is 12.2. The van der Waals surface area contributed by atoms with E-state index in [0.717, 1.165) is 0 Å². The van der Waals surface area contributed by atoms with Gasteiger partial charge in [0.05, 0.1) is 13.2 Å². The third kappa shape index (κ3) is 3.81. The zero-order valence-corrected chi connectivity index (χ0v) is 13.3. The Morgan fingerprint density at radius 3 is 2.55 bits per heavy atom. The van der Waals surface area contributed by atoms with Gasteiger partial charge in [-0.15, -0.1) is 0 Å². The van der Waals surface area contributed by atoms with Crippen molar-refractivity contribution < 1.29 is 9.53 Å². The van der Waals surface area contributed by atoms with E-state index >= 15 is 0 Å². The van der Waals surface area contributed by atoms with Crippen LogP contribution < -0.4 is 10.9 Å². The molecule has 2 rings (SSSR count). The third-order valence-corrected chi connectivity index (χ3v) is 3.63. The van der Waals surface area contributed by atoms with Crippen molar-refractivity contribution in [1.82, 2.24) is 4.57 Å². The van der Waals surface area contributed by atoms with Crippen molar-refractivity contribution in [3.05, 3.63) is 62.5 Å². The maximum atomic E-state index is 12.3. The Morgan fingerprint density at radius 1 is 1.23 bits per heavy atom. The largest absolute Gasteiger partial charge is 0.450 e. The van der Waals surface area contributed by atoms with Crippen LogP contribution in [0.15, 0.2) is 41.3 Å². The molecule has 1 aromatic carbocycles. The smallest absolute Gasteiger partial charge is 0.411 e. The molecule has 1 aromatic heterocycles. The molecular formula is C15H14Cl2N2O3. The Hall–Kier alpha value is -1.98. The van der Waals surface area contributed by atoms with Crippen LogP contribution in [0.25, 0.3) is 0 Å². The standard InChI is InChI=1S/C15H14Cl2N2O3/c1-2-22-15(21)18-13-7-4-8-19(14(13)20)9-10-11(16)5-3-6-12(10)17/h3-8H,2,9H2,1H3,(H,18,21). The van der Waals surface area contributed by atoms with Crippen LogP contribution in [0.3, 0.4) is 0 Å². The van der Waals surface area contributed by atoms with Gasteiger partial charge >= 0.3 is 6.09 Å². The first-order valence-electron chi connectivity index (χ1n) is 6.59. The molecule has 1 N–H and O–H groups in total. The average molecular weight is 341 g/mol. The molecule has 116 valence electrons. The van der Waals surface area contributed by atoms with Gasteiger partial charge in [0.1, 0.15) is 5.69 Å². The van der Waals surface area contributed by atoms with Crippen LogP contribution in [-0.2, 0) is 11.3 Å². The molecule has 5 nitrogen and oxygen atoms in total. The molecule has 0 saturated carbocycles. The average Bonchev–Trinajstić information content (AvgIpc) is 2.47. The van der Waals surface area contributed by atoms with Crippen LogP contribution in [0.5, 0.6) is 0 Å². The summed E-state index contributed by atoms with van der Waals surface area (Å²) in [7, 11) is 0. The molecule has 0 spiro atoms. The van der Waals surface area contributed by atoms with Crippen LogP contribution in [0.1, 0.15) is 12.5 Å². The third-order valence-electron chi connectivity index (χ3n) is 2.92. The second-order valence-electron chi connectivity index (χ2n) is 4.40. The fourth-order valence-electron chi connectivity index (χ4n) is 1.89. The Bertz CT molecular complexity index is 724. The zero-order valence-electron chi connectivity index (χ0n) is 11.8. The highest BCUT2D eigenvalue weighted by Gasteiger charge is 2.11. The summed E-state index contributed by atoms with van der Waals surface area (Å²) in [6, 6.07) is 8.29. The Morgan fingerprint density at radius 2 is 1.91 bits per heavy atom. The highest BCUT2D eigenvalue weighted by atomic mass is 35.5. The van der Waals surface area contributed by atoms with Gasteiger partial charge in [-0.1, -0.05) is 29.3 Å². The number of amides is 1. The molecule has 0 aliphatic rings. The Labute approximate surface area is 137 Å². The van der Waals surface area contributed by atoms with Crippen LogP contribution in [0.2, 0.25) is 10.0 Å². The van der Waals surface area contributed by atoms with Crippen LogP contribution >= 0.6 is 23.2 Å². The molecule has 2 aromatic rings. The minimum Gasteiger partial charge on any atom is -0.450 e. The van der Waals surface area contributed by atoms with E-state index in [0.29, 0.717) is 15.6 Å². The van der Waals surface area contributed by atoms with Gasteiger partial charge in [-0.05, 0) is 31.2 Å². The van der Waals surface area contributed by atoms with E-state index in [4.69, 9.17) is 27.9 Å². The molecule has 7 heteroatoms. The summed E-state index contributed by atoms with van der Waals surface area (Å²) in [5.74, 6) is 0. The van der Waals surface area contributed by atoms with Crippen molar-refractivity contribution >= 4 is 35.0 Å². The van der Waals surface area contributed by atoms with Gasteiger partial charge in [0.15, 0.2) is 0 Å². The van der Waals surface area contributed by atoms with Crippen molar-refractivity contribution in [2.75, 3.05) is 11.9 Å². The molecule has 0 unspecified atom stereocenters. The molecule has 0 atom stereocenters. The Balaban J connectivity index is 2.30. The molecule has 1 amide bonds. The van der Waals surface area contributed by atoms with E-state index in [1.807, 2.05) is 0 Å². The number of nitrogens with zero attached hydrogens (tertiary/aromatic N) is 1. The fourth-order valence-corrected chi connectivity index (χ4v) is 2.40. The highest BCUT2D eigenvalue weighted by Crippen LogP contribution is 2.24. The number of halogens is 2. The van der Waals surface area contributed by atoms with E-state index in [2.05, 4.69) is 5.32 Å². The predicted molar refractivity (Wildman–Crippen MR) is 86.9 cm³/mol. The predicted octanol–water partition coefficient (Wildman–Crippen LogP) is 3.77. The van der Waals surface area contributed by atoms with Crippen LogP contribution in [0.4, 0.5) is 10.5 Å². The van der Waals surface area contributed by atoms with Gasteiger partial charge in [0.25, 0.3) is 5.56 Å². The highest BCUT2D eigenvalue weighted by molar-refractivity contribution is 6.35. The molecule has 0 aliphatic carbocycles. The summed E-state index contributed by atoms with van der Waals surface area (Å²) in [6.45, 7) is 2.11. The molecule has 0 bridgehead atoms. The first-order chi connectivity index (χ1) is 10.5. The molecule has 0 radical (unpaired) electrons. The van der Waals surface area contributed by atoms with Gasteiger partial charge in [0.2, 0.25) is 0 Å². The first kappa shape index (κ1) is 16.4. The molecule has 0 saturated heterocycles. The van der Waals surface area contributed by atoms with Gasteiger partial charge in [-0.25, -0.2) is 4.79 Å². The number of pyridine rings is 1. The van der Waals surface area contributed by atoms with Crippen molar-refractivity contribution in [3.8, 4) is 0 Å². The summed E-state index contributed by atoms with van der Waals surface area (Å²) in [5, 5.41) is 3.36. The molecule has 0 fully saturated rings. The minimum absolute atomic E-state index is 0.129. The van der Waals surface area contributed by atoms with Gasteiger partial charge in [-0.3, -0.25) is 10.1 Å². The number of carbonyl (C=O) groups is 1. The maximum absolute atomic E-state index is 12.3. The zero-order chi connectivity index (χ0) is 16.1. The number of aromatic nitrogens is 1. The number of rotatable bonds is 4. The van der Waals surface area contributed by atoms with Crippen LogP contribution in [-0.4, -0.2) is 17.3 Å². The quantitative estimate of drug-likeness (QED) is 0.921. The van der Waals surface area contributed by atoms with E-state index in [1.54, 1.807) is 37.4 Å². The lowest BCUT2D eigenvalue weighted by Crippen LogP contribution is -2.26. The lowest BCUT2D eigenvalue weighted by Gasteiger charge is -2.11. The maximum Gasteiger partial charge on any atom is 0.411 e. The fraction of sp³-hybridized carbons (Fsp3) is 0.200. The summed E-state index contributed by atoms with van der Waals surface area (Å²) in [4.78, 5) is 23.8. The summed E-state index contributed by atoms with van der Waals surface area (Å²) < 4.78 is 6.17. The van der Waals surface area contributed by atoms with Crippen LogP contribution in [0, 0.1) is 0 Å². The Kier molecular flexibility index (Phi) is 5.46. The minimum atomic E-state index is -0.673. The number of anilines is 1. The SMILES string of the molecule is CCOC(=O)Nc1cccn(Cc2c(Cl)cccc2Cl)c1=O. The molecular weight excluding hydrogens is 327 g/mol. The second kappa shape index (κ2) is 7.33. The topological polar surface area (TPSA) is 60.3 Å².